The second kappa shape index (κ2) is 11.4. The number of ether oxygens (including phenoxy) is 1. The van der Waals surface area contributed by atoms with Crippen LogP contribution in [0.15, 0.2) is 41.2 Å². The molecule has 0 spiro atoms. The first-order chi connectivity index (χ1) is 17.7. The predicted octanol–water partition coefficient (Wildman–Crippen LogP) is 2.76. The van der Waals surface area contributed by atoms with Crippen molar-refractivity contribution in [3.05, 3.63) is 48.5 Å². The fraction of sp³-hybridized carbons (Fsp3) is 0.350. The SMILES string of the molecule is O=C(N[C@H]1CN[C@H](Cn2ccnn2)C1)c1ncc(-c2ccc(F)c(OC(F)(F)F)c2)o1.O=C(O)C(F)(F)F. The summed E-state index contributed by atoms with van der Waals surface area (Å²) in [6.07, 6.45) is -5.00. The lowest BCUT2D eigenvalue weighted by molar-refractivity contribution is -0.275. The third-order valence-corrected chi connectivity index (χ3v) is 4.82. The number of carboxylic acids is 1. The molecule has 1 aliphatic rings. The summed E-state index contributed by atoms with van der Waals surface area (Å²) in [6.45, 7) is 1.14. The number of aliphatic carboxylic acids is 1. The van der Waals surface area contributed by atoms with Gasteiger partial charge in [0.25, 0.3) is 5.89 Å². The molecule has 1 aliphatic heterocycles. The number of amides is 1. The molecule has 11 nitrogen and oxygen atoms in total. The van der Waals surface area contributed by atoms with Crippen LogP contribution < -0.4 is 15.4 Å². The van der Waals surface area contributed by atoms with Gasteiger partial charge >= 0.3 is 24.4 Å². The molecule has 0 bridgehead atoms. The Labute approximate surface area is 207 Å². The standard InChI is InChI=1S/C18H16F4N6O3.C2HF3O2/c19-13-2-1-10(5-14(13)31-18(20,21)22)15-8-24-17(30-15)16(29)26-11-6-12(23-7-11)9-28-4-3-25-27-28;3-2(4,5)1(6)7/h1-5,8,11-12,23H,6-7,9H2,(H,26,29);(H,6,7)/t11-,12+;/m1./s1. The van der Waals surface area contributed by atoms with Gasteiger partial charge < -0.3 is 24.9 Å². The van der Waals surface area contributed by atoms with Crippen molar-refractivity contribution in [2.75, 3.05) is 6.54 Å². The van der Waals surface area contributed by atoms with Gasteiger partial charge in [-0.3, -0.25) is 9.48 Å². The van der Waals surface area contributed by atoms with Gasteiger partial charge in [-0.25, -0.2) is 14.2 Å². The van der Waals surface area contributed by atoms with Crippen molar-refractivity contribution in [3.8, 4) is 17.1 Å². The Morgan fingerprint density at radius 3 is 2.55 bits per heavy atom. The summed E-state index contributed by atoms with van der Waals surface area (Å²) in [4.78, 5) is 25.2. The zero-order valence-electron chi connectivity index (χ0n) is 18.8. The van der Waals surface area contributed by atoms with Crippen LogP contribution >= 0.6 is 0 Å². The Morgan fingerprint density at radius 1 is 1.24 bits per heavy atom. The molecule has 0 unspecified atom stereocenters. The average molecular weight is 554 g/mol. The topological polar surface area (TPSA) is 144 Å². The first-order valence-corrected chi connectivity index (χ1v) is 10.4. The van der Waals surface area contributed by atoms with E-state index in [4.69, 9.17) is 14.3 Å². The quantitative estimate of drug-likeness (QED) is 0.392. The molecule has 2 aromatic heterocycles. The minimum absolute atomic E-state index is 0.00854. The molecule has 3 aromatic rings. The molecule has 0 radical (unpaired) electrons. The van der Waals surface area contributed by atoms with Crippen LogP contribution in [-0.4, -0.2) is 68.1 Å². The zero-order valence-corrected chi connectivity index (χ0v) is 18.8. The summed E-state index contributed by atoms with van der Waals surface area (Å²) >= 11 is 0. The molecule has 1 fully saturated rings. The van der Waals surface area contributed by atoms with Crippen LogP contribution in [0, 0.1) is 5.82 Å². The number of hydrogen-bond donors (Lipinski definition) is 3. The van der Waals surface area contributed by atoms with Crippen LogP contribution in [0.5, 0.6) is 5.75 Å². The number of oxazole rings is 1. The molecule has 206 valence electrons. The number of rotatable bonds is 6. The largest absolute Gasteiger partial charge is 0.573 e. The van der Waals surface area contributed by atoms with E-state index in [0.29, 0.717) is 19.5 Å². The fourth-order valence-electron chi connectivity index (χ4n) is 3.24. The number of carboxylic acid groups (broad SMARTS) is 1. The second-order valence-electron chi connectivity index (χ2n) is 7.66. The number of nitrogens with zero attached hydrogens (tertiary/aromatic N) is 4. The first kappa shape index (κ1) is 28.4. The number of carbonyl (C=O) groups is 2. The van der Waals surface area contributed by atoms with Gasteiger partial charge in [0.2, 0.25) is 0 Å². The Kier molecular flexibility index (Phi) is 8.54. The van der Waals surface area contributed by atoms with E-state index in [1.54, 1.807) is 17.1 Å². The molecule has 18 heteroatoms. The fourth-order valence-corrected chi connectivity index (χ4v) is 3.24. The summed E-state index contributed by atoms with van der Waals surface area (Å²) in [7, 11) is 0. The molecule has 1 amide bonds. The van der Waals surface area contributed by atoms with Crippen molar-refractivity contribution in [2.45, 2.75) is 37.6 Å². The Bertz CT molecular complexity index is 1250. The van der Waals surface area contributed by atoms with E-state index in [2.05, 4.69) is 30.7 Å². The maximum atomic E-state index is 13.6. The van der Waals surface area contributed by atoms with Crippen LogP contribution in [0.2, 0.25) is 0 Å². The van der Waals surface area contributed by atoms with E-state index in [1.165, 1.54) is 12.3 Å². The Hall–Kier alpha value is -4.22. The Morgan fingerprint density at radius 2 is 1.95 bits per heavy atom. The monoisotopic (exact) mass is 554 g/mol. The van der Waals surface area contributed by atoms with Crippen molar-refractivity contribution in [2.24, 2.45) is 0 Å². The second-order valence-corrected chi connectivity index (χ2v) is 7.66. The summed E-state index contributed by atoms with van der Waals surface area (Å²) in [5.74, 6) is -5.81. The van der Waals surface area contributed by atoms with Gasteiger partial charge in [-0.05, 0) is 24.6 Å². The van der Waals surface area contributed by atoms with Gasteiger partial charge in [0.1, 0.15) is 0 Å². The van der Waals surface area contributed by atoms with E-state index >= 15 is 0 Å². The van der Waals surface area contributed by atoms with Crippen LogP contribution in [-0.2, 0) is 11.3 Å². The number of halogens is 7. The first-order valence-electron chi connectivity index (χ1n) is 10.4. The van der Waals surface area contributed by atoms with Gasteiger partial charge in [-0.2, -0.15) is 13.2 Å². The minimum atomic E-state index is -5.08. The van der Waals surface area contributed by atoms with Gasteiger partial charge in [-0.1, -0.05) is 5.21 Å². The molecule has 2 atom stereocenters. The van der Waals surface area contributed by atoms with Crippen LogP contribution in [0.1, 0.15) is 17.1 Å². The van der Waals surface area contributed by atoms with Crippen molar-refractivity contribution in [1.29, 1.82) is 0 Å². The lowest BCUT2D eigenvalue weighted by Gasteiger charge is -2.11. The number of benzene rings is 1. The number of nitrogens with one attached hydrogen (secondary N) is 2. The van der Waals surface area contributed by atoms with Crippen molar-refractivity contribution >= 4 is 11.9 Å². The number of aromatic nitrogens is 4. The van der Waals surface area contributed by atoms with Crippen molar-refractivity contribution in [1.82, 2.24) is 30.6 Å². The average Bonchev–Trinajstić information content (AvgIpc) is 3.57. The highest BCUT2D eigenvalue weighted by Gasteiger charge is 2.38. The van der Waals surface area contributed by atoms with Crippen LogP contribution in [0.4, 0.5) is 30.7 Å². The third-order valence-electron chi connectivity index (χ3n) is 4.82. The normalized spacial score (nSPS) is 17.4. The Balaban J connectivity index is 0.000000505. The molecule has 3 N–H and O–H groups in total. The molecule has 38 heavy (non-hydrogen) atoms. The molecule has 4 rings (SSSR count). The lowest BCUT2D eigenvalue weighted by atomic mass is 10.1. The van der Waals surface area contributed by atoms with Gasteiger partial charge in [-0.15, -0.1) is 18.3 Å². The summed E-state index contributed by atoms with van der Waals surface area (Å²) in [5.41, 5.74) is 0.0719. The highest BCUT2D eigenvalue weighted by Crippen LogP contribution is 2.31. The van der Waals surface area contributed by atoms with Crippen LogP contribution in [0.25, 0.3) is 11.3 Å². The molecular weight excluding hydrogens is 537 g/mol. The summed E-state index contributed by atoms with van der Waals surface area (Å²) in [5, 5.41) is 20.8. The highest BCUT2D eigenvalue weighted by atomic mass is 19.4. The zero-order chi connectivity index (χ0) is 28.1. The summed E-state index contributed by atoms with van der Waals surface area (Å²) in [6, 6.07) is 2.74. The van der Waals surface area contributed by atoms with Gasteiger partial charge in [0.15, 0.2) is 17.3 Å². The third kappa shape index (κ3) is 8.15. The van der Waals surface area contributed by atoms with Crippen LogP contribution in [0.3, 0.4) is 0 Å². The maximum Gasteiger partial charge on any atom is 0.573 e. The number of alkyl halides is 6. The minimum Gasteiger partial charge on any atom is -0.475 e. The molecule has 1 saturated heterocycles. The van der Waals surface area contributed by atoms with E-state index in [9.17, 15) is 35.5 Å². The lowest BCUT2D eigenvalue weighted by Crippen LogP contribution is -2.36. The van der Waals surface area contributed by atoms with Crippen molar-refractivity contribution < 1.29 is 54.6 Å². The smallest absolute Gasteiger partial charge is 0.475 e. The molecule has 0 saturated carbocycles. The van der Waals surface area contributed by atoms with E-state index in [1.807, 2.05) is 0 Å². The number of hydrogen-bond acceptors (Lipinski definition) is 8. The summed E-state index contributed by atoms with van der Waals surface area (Å²) < 4.78 is 93.2. The number of carbonyl (C=O) groups excluding carboxylic acids is 1. The van der Waals surface area contributed by atoms with E-state index in [0.717, 1.165) is 12.1 Å². The maximum absolute atomic E-state index is 13.6. The van der Waals surface area contributed by atoms with Gasteiger partial charge in [0.05, 0.1) is 18.9 Å². The molecular formula is C20H17F7N6O5. The highest BCUT2D eigenvalue weighted by molar-refractivity contribution is 5.90. The van der Waals surface area contributed by atoms with Crippen molar-refractivity contribution in [3.63, 3.8) is 0 Å². The van der Waals surface area contributed by atoms with E-state index < -0.39 is 36.0 Å². The predicted molar refractivity (Wildman–Crippen MR) is 110 cm³/mol. The molecule has 0 aliphatic carbocycles. The molecule has 1 aromatic carbocycles. The van der Waals surface area contributed by atoms with E-state index in [-0.39, 0.29) is 29.3 Å². The van der Waals surface area contributed by atoms with Gasteiger partial charge in [0, 0.05) is 30.4 Å². The molecule has 3 heterocycles.